The summed E-state index contributed by atoms with van der Waals surface area (Å²) >= 11 is 3.11. The van der Waals surface area contributed by atoms with E-state index in [4.69, 9.17) is 10.7 Å². The molecule has 0 unspecified atom stereocenters. The van der Waals surface area contributed by atoms with Gasteiger partial charge in [-0.25, -0.2) is 4.98 Å². The number of amides is 1. The lowest BCUT2D eigenvalue weighted by Crippen LogP contribution is -2.12. The second-order valence-electron chi connectivity index (χ2n) is 7.45. The van der Waals surface area contributed by atoms with Gasteiger partial charge in [0.25, 0.3) is 5.91 Å². The fraction of sp³-hybridized carbons (Fsp3) is 0.217. The van der Waals surface area contributed by atoms with E-state index in [2.05, 4.69) is 22.8 Å². The lowest BCUT2D eigenvalue weighted by molar-refractivity contribution is 0.103. The number of pyridine rings is 1. The van der Waals surface area contributed by atoms with Crippen LogP contribution in [-0.4, -0.2) is 10.9 Å². The molecule has 3 aromatic heterocycles. The number of nitrogen functional groups attached to an aromatic ring is 1. The molecule has 1 aliphatic rings. The molecule has 0 atom stereocenters. The fourth-order valence-electron chi connectivity index (χ4n) is 4.08. The number of nitrogens with one attached hydrogen (secondary N) is 1. The van der Waals surface area contributed by atoms with E-state index in [9.17, 15) is 4.79 Å². The van der Waals surface area contributed by atoms with Gasteiger partial charge in [-0.15, -0.1) is 22.7 Å². The molecule has 6 heteroatoms. The molecule has 3 heterocycles. The smallest absolute Gasteiger partial charge is 0.267 e. The minimum Gasteiger partial charge on any atom is -0.397 e. The quantitative estimate of drug-likeness (QED) is 0.425. The van der Waals surface area contributed by atoms with E-state index in [0.717, 1.165) is 40.7 Å². The number of nitrogens with two attached hydrogens (primary N) is 1. The van der Waals surface area contributed by atoms with Gasteiger partial charge in [0.1, 0.15) is 9.71 Å². The number of nitrogens with zero attached hydrogens (tertiary/aromatic N) is 1. The standard InChI is InChI=1S/C23H21N3OS2/c1-13-6-4-7-14(12-13)25-22(27)21-20(24)19-18(17-10-5-11-28-17)15-8-2-3-9-16(15)26-23(19)29-21/h4-7,10-12H,2-3,8-9,24H2,1H3,(H,25,27). The van der Waals surface area contributed by atoms with Gasteiger partial charge in [0.2, 0.25) is 0 Å². The first-order chi connectivity index (χ1) is 14.1. The molecule has 0 aliphatic heterocycles. The Bertz CT molecular complexity index is 1220. The Kier molecular flexibility index (Phi) is 4.60. The number of carbonyl (C=O) groups is 1. The number of anilines is 2. The van der Waals surface area contributed by atoms with Crippen molar-refractivity contribution in [3.05, 3.63) is 63.5 Å². The van der Waals surface area contributed by atoms with E-state index < -0.39 is 0 Å². The van der Waals surface area contributed by atoms with Crippen molar-refractivity contribution in [2.75, 3.05) is 11.1 Å². The van der Waals surface area contributed by atoms with Crippen LogP contribution in [0.4, 0.5) is 11.4 Å². The van der Waals surface area contributed by atoms with Crippen molar-refractivity contribution in [3.63, 3.8) is 0 Å². The van der Waals surface area contributed by atoms with E-state index in [1.807, 2.05) is 31.2 Å². The molecule has 4 nitrogen and oxygen atoms in total. The summed E-state index contributed by atoms with van der Waals surface area (Å²) < 4.78 is 0. The van der Waals surface area contributed by atoms with E-state index in [-0.39, 0.29) is 5.91 Å². The zero-order chi connectivity index (χ0) is 20.0. The van der Waals surface area contributed by atoms with Crippen LogP contribution in [0.15, 0.2) is 41.8 Å². The lowest BCUT2D eigenvalue weighted by atomic mass is 9.90. The van der Waals surface area contributed by atoms with Crippen LogP contribution in [0.5, 0.6) is 0 Å². The van der Waals surface area contributed by atoms with Crippen LogP contribution in [0, 0.1) is 6.92 Å². The van der Waals surface area contributed by atoms with Gasteiger partial charge in [-0.1, -0.05) is 18.2 Å². The topological polar surface area (TPSA) is 68.0 Å². The molecule has 29 heavy (non-hydrogen) atoms. The van der Waals surface area contributed by atoms with Gasteiger partial charge < -0.3 is 11.1 Å². The molecule has 1 aliphatic carbocycles. The first-order valence-electron chi connectivity index (χ1n) is 9.77. The number of hydrogen-bond donors (Lipinski definition) is 2. The molecule has 0 saturated carbocycles. The number of hydrogen-bond acceptors (Lipinski definition) is 5. The van der Waals surface area contributed by atoms with E-state index in [1.165, 1.54) is 39.5 Å². The van der Waals surface area contributed by atoms with Gasteiger partial charge in [-0.3, -0.25) is 4.79 Å². The van der Waals surface area contributed by atoms with Gasteiger partial charge in [-0.2, -0.15) is 0 Å². The van der Waals surface area contributed by atoms with Crippen LogP contribution in [0.1, 0.15) is 39.3 Å². The first kappa shape index (κ1) is 18.3. The average molecular weight is 420 g/mol. The Balaban J connectivity index is 1.66. The Morgan fingerprint density at radius 2 is 2.03 bits per heavy atom. The third-order valence-electron chi connectivity index (χ3n) is 5.40. The molecular formula is C23H21N3OS2. The Labute approximate surface area is 177 Å². The summed E-state index contributed by atoms with van der Waals surface area (Å²) in [5.41, 5.74) is 12.6. The molecule has 4 aromatic rings. The molecule has 0 fully saturated rings. The van der Waals surface area contributed by atoms with Crippen molar-refractivity contribution < 1.29 is 4.79 Å². The van der Waals surface area contributed by atoms with Gasteiger partial charge in [0, 0.05) is 27.2 Å². The van der Waals surface area contributed by atoms with Gasteiger partial charge >= 0.3 is 0 Å². The Morgan fingerprint density at radius 3 is 2.83 bits per heavy atom. The molecule has 5 rings (SSSR count). The number of rotatable bonds is 3. The van der Waals surface area contributed by atoms with Crippen molar-refractivity contribution in [2.24, 2.45) is 0 Å². The van der Waals surface area contributed by atoms with Crippen LogP contribution in [0.3, 0.4) is 0 Å². The molecular weight excluding hydrogens is 398 g/mol. The predicted molar refractivity (Wildman–Crippen MR) is 123 cm³/mol. The maximum atomic E-state index is 13.0. The summed E-state index contributed by atoms with van der Waals surface area (Å²) in [5.74, 6) is -0.175. The minimum atomic E-state index is -0.175. The summed E-state index contributed by atoms with van der Waals surface area (Å²) in [5, 5.41) is 6.02. The van der Waals surface area contributed by atoms with Crippen molar-refractivity contribution >= 4 is 50.2 Å². The van der Waals surface area contributed by atoms with Crippen LogP contribution in [0.25, 0.3) is 20.7 Å². The summed E-state index contributed by atoms with van der Waals surface area (Å²) in [4.78, 5) is 20.6. The maximum absolute atomic E-state index is 13.0. The maximum Gasteiger partial charge on any atom is 0.267 e. The lowest BCUT2D eigenvalue weighted by Gasteiger charge is -2.19. The zero-order valence-electron chi connectivity index (χ0n) is 16.1. The van der Waals surface area contributed by atoms with E-state index in [1.54, 1.807) is 11.3 Å². The highest BCUT2D eigenvalue weighted by Crippen LogP contribution is 2.45. The van der Waals surface area contributed by atoms with Gasteiger partial charge in [0.05, 0.1) is 5.69 Å². The van der Waals surface area contributed by atoms with Crippen LogP contribution in [0.2, 0.25) is 0 Å². The third kappa shape index (κ3) is 3.22. The van der Waals surface area contributed by atoms with E-state index >= 15 is 0 Å². The molecule has 0 spiro atoms. The van der Waals surface area contributed by atoms with Crippen LogP contribution < -0.4 is 11.1 Å². The number of aromatic nitrogens is 1. The van der Waals surface area contributed by atoms with Gasteiger partial charge in [-0.05, 0) is 67.3 Å². The minimum absolute atomic E-state index is 0.175. The SMILES string of the molecule is Cc1cccc(NC(=O)c2sc3nc4c(c(-c5cccs5)c3c2N)CCCC4)c1. The van der Waals surface area contributed by atoms with Crippen molar-refractivity contribution in [2.45, 2.75) is 32.6 Å². The van der Waals surface area contributed by atoms with Crippen molar-refractivity contribution in [1.82, 2.24) is 4.98 Å². The zero-order valence-corrected chi connectivity index (χ0v) is 17.8. The Morgan fingerprint density at radius 1 is 1.17 bits per heavy atom. The Hall–Kier alpha value is -2.70. The molecule has 0 saturated heterocycles. The highest BCUT2D eigenvalue weighted by Gasteiger charge is 2.26. The number of aryl methyl sites for hydroxylation is 2. The average Bonchev–Trinajstić information content (AvgIpc) is 3.35. The highest BCUT2D eigenvalue weighted by atomic mass is 32.1. The number of carbonyl (C=O) groups excluding carboxylic acids is 1. The van der Waals surface area contributed by atoms with Crippen molar-refractivity contribution in [3.8, 4) is 10.4 Å². The van der Waals surface area contributed by atoms with E-state index in [0.29, 0.717) is 10.6 Å². The second kappa shape index (κ2) is 7.28. The molecule has 0 bridgehead atoms. The monoisotopic (exact) mass is 419 g/mol. The predicted octanol–water partition coefficient (Wildman–Crippen LogP) is 6.05. The number of thiophene rings is 2. The summed E-state index contributed by atoms with van der Waals surface area (Å²) in [6.45, 7) is 2.01. The summed E-state index contributed by atoms with van der Waals surface area (Å²) in [6.07, 6.45) is 4.35. The second-order valence-corrected chi connectivity index (χ2v) is 9.39. The van der Waals surface area contributed by atoms with Gasteiger partial charge in [0.15, 0.2) is 0 Å². The first-order valence-corrected chi connectivity index (χ1v) is 11.5. The molecule has 1 aromatic carbocycles. The van der Waals surface area contributed by atoms with Crippen molar-refractivity contribution in [1.29, 1.82) is 0 Å². The molecule has 1 amide bonds. The van der Waals surface area contributed by atoms with Crippen LogP contribution in [-0.2, 0) is 12.8 Å². The number of fused-ring (bicyclic) bond motifs is 2. The molecule has 146 valence electrons. The summed E-state index contributed by atoms with van der Waals surface area (Å²) in [7, 11) is 0. The normalized spacial score (nSPS) is 13.4. The van der Waals surface area contributed by atoms with Crippen LogP contribution >= 0.6 is 22.7 Å². The highest BCUT2D eigenvalue weighted by molar-refractivity contribution is 7.21. The molecule has 3 N–H and O–H groups in total. The molecule has 0 radical (unpaired) electrons. The third-order valence-corrected chi connectivity index (χ3v) is 7.39. The number of benzene rings is 1. The summed E-state index contributed by atoms with van der Waals surface area (Å²) in [6, 6.07) is 12.0. The fourth-order valence-corrected chi connectivity index (χ4v) is 5.90. The largest absolute Gasteiger partial charge is 0.397 e.